The van der Waals surface area contributed by atoms with E-state index >= 15 is 0 Å². The number of rotatable bonds is 1. The lowest BCUT2D eigenvalue weighted by Gasteiger charge is -2.10. The normalized spacial score (nSPS) is 12.2. The SMILES string of the molecule is Cc1nc(C(C)C)cc(C(F)(F)F)n1. The van der Waals surface area contributed by atoms with Crippen molar-refractivity contribution in [3.63, 3.8) is 0 Å². The van der Waals surface area contributed by atoms with Crippen LogP contribution in [0.5, 0.6) is 0 Å². The third kappa shape index (κ3) is 2.43. The second-order valence-corrected chi connectivity index (χ2v) is 3.38. The molecule has 0 atom stereocenters. The fourth-order valence-corrected chi connectivity index (χ4v) is 1.03. The van der Waals surface area contributed by atoms with E-state index in [-0.39, 0.29) is 11.7 Å². The summed E-state index contributed by atoms with van der Waals surface area (Å²) < 4.78 is 37.0. The predicted octanol–water partition coefficient (Wildman–Crippen LogP) is 2.93. The summed E-state index contributed by atoms with van der Waals surface area (Å²) in [5.74, 6) is 0.126. The third-order valence-electron chi connectivity index (χ3n) is 1.74. The highest BCUT2D eigenvalue weighted by molar-refractivity contribution is 5.16. The van der Waals surface area contributed by atoms with E-state index in [1.54, 1.807) is 13.8 Å². The first-order valence-electron chi connectivity index (χ1n) is 4.23. The fraction of sp³-hybridized carbons (Fsp3) is 0.556. The molecule has 2 nitrogen and oxygen atoms in total. The van der Waals surface area contributed by atoms with E-state index in [9.17, 15) is 13.2 Å². The predicted molar refractivity (Wildman–Crippen MR) is 45.9 cm³/mol. The van der Waals surface area contributed by atoms with Gasteiger partial charge in [0, 0.05) is 5.69 Å². The smallest absolute Gasteiger partial charge is 0.238 e. The molecule has 0 amide bonds. The minimum absolute atomic E-state index is 0.0298. The number of aryl methyl sites for hydroxylation is 1. The fourth-order valence-electron chi connectivity index (χ4n) is 1.03. The molecule has 1 aromatic rings. The van der Waals surface area contributed by atoms with Gasteiger partial charge in [0.25, 0.3) is 0 Å². The molecule has 0 aromatic carbocycles. The van der Waals surface area contributed by atoms with Crippen LogP contribution in [0.4, 0.5) is 13.2 Å². The van der Waals surface area contributed by atoms with Gasteiger partial charge in [-0.15, -0.1) is 0 Å². The minimum Gasteiger partial charge on any atom is -0.238 e. The standard InChI is InChI=1S/C9H11F3N2/c1-5(2)7-4-8(9(10,11)12)14-6(3)13-7/h4-5H,1-3H3. The van der Waals surface area contributed by atoms with Crippen LogP contribution >= 0.6 is 0 Å². The summed E-state index contributed by atoms with van der Waals surface area (Å²) >= 11 is 0. The molecule has 1 heterocycles. The van der Waals surface area contributed by atoms with Crippen molar-refractivity contribution in [2.45, 2.75) is 32.9 Å². The molecule has 0 saturated heterocycles. The maximum atomic E-state index is 12.3. The summed E-state index contributed by atoms with van der Waals surface area (Å²) in [4.78, 5) is 7.29. The van der Waals surface area contributed by atoms with Crippen LogP contribution < -0.4 is 0 Å². The van der Waals surface area contributed by atoms with Crippen LogP contribution in [0.2, 0.25) is 0 Å². The summed E-state index contributed by atoms with van der Waals surface area (Å²) in [5.41, 5.74) is -0.446. The van der Waals surface area contributed by atoms with Crippen molar-refractivity contribution in [2.24, 2.45) is 0 Å². The molecule has 0 aliphatic rings. The molecule has 1 aromatic heterocycles. The van der Waals surface area contributed by atoms with Crippen LogP contribution in [-0.2, 0) is 6.18 Å². The van der Waals surface area contributed by atoms with Gasteiger partial charge in [0.2, 0.25) is 0 Å². The third-order valence-corrected chi connectivity index (χ3v) is 1.74. The van der Waals surface area contributed by atoms with E-state index < -0.39 is 11.9 Å². The molecular weight excluding hydrogens is 193 g/mol. The van der Waals surface area contributed by atoms with E-state index in [1.807, 2.05) is 0 Å². The van der Waals surface area contributed by atoms with E-state index in [2.05, 4.69) is 9.97 Å². The van der Waals surface area contributed by atoms with Gasteiger partial charge in [-0.1, -0.05) is 13.8 Å². The molecule has 0 radical (unpaired) electrons. The lowest BCUT2D eigenvalue weighted by molar-refractivity contribution is -0.141. The van der Waals surface area contributed by atoms with E-state index in [0.29, 0.717) is 5.69 Å². The number of hydrogen-bond acceptors (Lipinski definition) is 2. The van der Waals surface area contributed by atoms with Gasteiger partial charge in [-0.3, -0.25) is 0 Å². The Morgan fingerprint density at radius 3 is 2.21 bits per heavy atom. The van der Waals surface area contributed by atoms with Crippen molar-refractivity contribution in [3.05, 3.63) is 23.3 Å². The number of nitrogens with zero attached hydrogens (tertiary/aromatic N) is 2. The Kier molecular flexibility index (Phi) is 2.78. The van der Waals surface area contributed by atoms with Gasteiger partial charge in [-0.25, -0.2) is 9.97 Å². The first-order chi connectivity index (χ1) is 6.30. The Morgan fingerprint density at radius 2 is 1.79 bits per heavy atom. The summed E-state index contributed by atoms with van der Waals surface area (Å²) in [6.07, 6.45) is -4.39. The van der Waals surface area contributed by atoms with Crippen LogP contribution in [-0.4, -0.2) is 9.97 Å². The Bertz CT molecular complexity index is 331. The quantitative estimate of drug-likeness (QED) is 0.702. The van der Waals surface area contributed by atoms with Gasteiger partial charge in [0.15, 0.2) is 0 Å². The van der Waals surface area contributed by atoms with Gasteiger partial charge < -0.3 is 0 Å². The molecule has 0 aliphatic carbocycles. The highest BCUT2D eigenvalue weighted by Gasteiger charge is 2.33. The summed E-state index contributed by atoms with van der Waals surface area (Å²) in [7, 11) is 0. The van der Waals surface area contributed by atoms with Gasteiger partial charge in [0.1, 0.15) is 11.5 Å². The van der Waals surface area contributed by atoms with Gasteiger partial charge in [0.05, 0.1) is 0 Å². The van der Waals surface area contributed by atoms with Gasteiger partial charge in [-0.05, 0) is 18.9 Å². The average Bonchev–Trinajstić information content (AvgIpc) is 2.01. The van der Waals surface area contributed by atoms with Crippen molar-refractivity contribution >= 4 is 0 Å². The summed E-state index contributed by atoms with van der Waals surface area (Å²) in [6, 6.07) is 0.998. The second kappa shape index (κ2) is 3.55. The zero-order valence-electron chi connectivity index (χ0n) is 8.18. The topological polar surface area (TPSA) is 25.8 Å². The molecule has 0 aliphatic heterocycles. The van der Waals surface area contributed by atoms with E-state index in [1.165, 1.54) is 6.92 Å². The van der Waals surface area contributed by atoms with E-state index in [4.69, 9.17) is 0 Å². The Balaban J connectivity index is 3.21. The van der Waals surface area contributed by atoms with Gasteiger partial charge >= 0.3 is 6.18 Å². The van der Waals surface area contributed by atoms with Crippen molar-refractivity contribution in [3.8, 4) is 0 Å². The highest BCUT2D eigenvalue weighted by Crippen LogP contribution is 2.28. The van der Waals surface area contributed by atoms with Crippen molar-refractivity contribution in [1.29, 1.82) is 0 Å². The lowest BCUT2D eigenvalue weighted by Crippen LogP contribution is -2.11. The van der Waals surface area contributed by atoms with E-state index in [0.717, 1.165) is 6.07 Å². The molecule has 0 spiro atoms. The number of aromatic nitrogens is 2. The molecule has 0 fully saturated rings. The van der Waals surface area contributed by atoms with Crippen LogP contribution in [0.15, 0.2) is 6.07 Å². The Hall–Kier alpha value is -1.13. The first kappa shape index (κ1) is 10.9. The largest absolute Gasteiger partial charge is 0.433 e. The monoisotopic (exact) mass is 204 g/mol. The lowest BCUT2D eigenvalue weighted by atomic mass is 10.1. The summed E-state index contributed by atoms with van der Waals surface area (Å²) in [5, 5.41) is 0. The molecular formula is C9H11F3N2. The molecule has 78 valence electrons. The zero-order valence-corrected chi connectivity index (χ0v) is 8.18. The molecule has 14 heavy (non-hydrogen) atoms. The maximum absolute atomic E-state index is 12.3. The van der Waals surface area contributed by atoms with Crippen LogP contribution in [0.25, 0.3) is 0 Å². The summed E-state index contributed by atoms with van der Waals surface area (Å²) in [6.45, 7) is 5.05. The first-order valence-corrected chi connectivity index (χ1v) is 4.23. The zero-order chi connectivity index (χ0) is 10.9. The Labute approximate surface area is 80.2 Å². The average molecular weight is 204 g/mol. The molecule has 0 bridgehead atoms. The molecule has 1 rings (SSSR count). The van der Waals surface area contributed by atoms with Crippen LogP contribution in [0, 0.1) is 6.92 Å². The minimum atomic E-state index is -4.39. The molecule has 0 N–H and O–H groups in total. The van der Waals surface area contributed by atoms with Crippen LogP contribution in [0.3, 0.4) is 0 Å². The second-order valence-electron chi connectivity index (χ2n) is 3.38. The van der Waals surface area contributed by atoms with Crippen molar-refractivity contribution in [1.82, 2.24) is 9.97 Å². The molecule has 0 saturated carbocycles. The van der Waals surface area contributed by atoms with Crippen molar-refractivity contribution in [2.75, 3.05) is 0 Å². The van der Waals surface area contributed by atoms with Crippen LogP contribution in [0.1, 0.15) is 37.0 Å². The molecule has 5 heteroatoms. The number of halogens is 3. The number of alkyl halides is 3. The maximum Gasteiger partial charge on any atom is 0.433 e. The highest BCUT2D eigenvalue weighted by atomic mass is 19.4. The Morgan fingerprint density at radius 1 is 1.21 bits per heavy atom. The van der Waals surface area contributed by atoms with Gasteiger partial charge in [-0.2, -0.15) is 13.2 Å². The molecule has 0 unspecified atom stereocenters. The van der Waals surface area contributed by atoms with Crippen molar-refractivity contribution < 1.29 is 13.2 Å². The number of hydrogen-bond donors (Lipinski definition) is 0.